The zero-order chi connectivity index (χ0) is 11.5. The first-order valence-corrected chi connectivity index (χ1v) is 5.37. The lowest BCUT2D eigenvalue weighted by Gasteiger charge is -2.08. The van der Waals surface area contributed by atoms with Crippen molar-refractivity contribution in [1.29, 1.82) is 0 Å². The Morgan fingerprint density at radius 3 is 3.06 bits per heavy atom. The van der Waals surface area contributed by atoms with Gasteiger partial charge in [-0.25, -0.2) is 0 Å². The number of H-pyrrole nitrogens is 1. The molecule has 1 heterocycles. The minimum atomic E-state index is 0.0172. The molecule has 0 atom stereocenters. The van der Waals surface area contributed by atoms with E-state index in [1.807, 2.05) is 32.0 Å². The third-order valence-corrected chi connectivity index (χ3v) is 2.55. The number of nitrogens with zero attached hydrogens (tertiary/aromatic N) is 1. The van der Waals surface area contributed by atoms with Gasteiger partial charge in [-0.2, -0.15) is 5.10 Å². The summed E-state index contributed by atoms with van der Waals surface area (Å²) in [7, 11) is 0. The molecule has 1 aromatic heterocycles. The maximum atomic E-state index is 11.5. The maximum absolute atomic E-state index is 11.5. The lowest BCUT2D eigenvalue weighted by molar-refractivity contribution is -0.124. The number of rotatable bonds is 3. The summed E-state index contributed by atoms with van der Waals surface area (Å²) in [6.07, 6.45) is 1.78. The topological polar surface area (TPSA) is 57.8 Å². The third kappa shape index (κ3) is 2.05. The van der Waals surface area contributed by atoms with E-state index in [2.05, 4.69) is 15.5 Å². The molecule has 4 heteroatoms. The Kier molecular flexibility index (Phi) is 2.90. The van der Waals surface area contributed by atoms with Crippen LogP contribution in [0.3, 0.4) is 0 Å². The van der Waals surface area contributed by atoms with Gasteiger partial charge in [-0.15, -0.1) is 0 Å². The van der Waals surface area contributed by atoms with E-state index in [9.17, 15) is 4.79 Å². The molecule has 2 N–H and O–H groups in total. The molecule has 1 amide bonds. The van der Waals surface area contributed by atoms with Crippen molar-refractivity contribution in [3.8, 4) is 0 Å². The molecule has 0 radical (unpaired) electrons. The van der Waals surface area contributed by atoms with E-state index in [0.29, 0.717) is 6.54 Å². The summed E-state index contributed by atoms with van der Waals surface area (Å²) in [5.74, 6) is 0.0871. The first-order valence-electron chi connectivity index (χ1n) is 5.37. The lowest BCUT2D eigenvalue weighted by Crippen LogP contribution is -2.27. The summed E-state index contributed by atoms with van der Waals surface area (Å²) < 4.78 is 0. The number of aromatic nitrogens is 2. The average molecular weight is 217 g/mol. The van der Waals surface area contributed by atoms with E-state index in [-0.39, 0.29) is 11.8 Å². The van der Waals surface area contributed by atoms with Crippen molar-refractivity contribution in [3.05, 3.63) is 30.0 Å². The Hall–Kier alpha value is -1.84. The molecule has 0 bridgehead atoms. The zero-order valence-corrected chi connectivity index (χ0v) is 9.45. The highest BCUT2D eigenvalue weighted by Crippen LogP contribution is 2.15. The van der Waals surface area contributed by atoms with Gasteiger partial charge in [-0.1, -0.05) is 26.0 Å². The van der Waals surface area contributed by atoms with Crippen LogP contribution in [0.2, 0.25) is 0 Å². The molecule has 2 aromatic rings. The van der Waals surface area contributed by atoms with E-state index in [4.69, 9.17) is 0 Å². The molecular weight excluding hydrogens is 202 g/mol. The van der Waals surface area contributed by atoms with Gasteiger partial charge < -0.3 is 5.32 Å². The van der Waals surface area contributed by atoms with Crippen LogP contribution in [0.5, 0.6) is 0 Å². The van der Waals surface area contributed by atoms with Gasteiger partial charge in [-0.3, -0.25) is 9.89 Å². The van der Waals surface area contributed by atoms with Crippen LogP contribution in [-0.2, 0) is 11.3 Å². The Labute approximate surface area is 94.0 Å². The predicted octanol–water partition coefficient (Wildman–Crippen LogP) is 1.84. The maximum Gasteiger partial charge on any atom is 0.222 e. The molecule has 1 aromatic carbocycles. The first-order chi connectivity index (χ1) is 7.68. The number of aromatic amines is 1. The number of nitrogens with one attached hydrogen (secondary N) is 2. The largest absolute Gasteiger partial charge is 0.352 e. The van der Waals surface area contributed by atoms with Gasteiger partial charge in [0.1, 0.15) is 0 Å². The second-order valence-corrected chi connectivity index (χ2v) is 4.12. The number of fused-ring (bicyclic) bond motifs is 1. The molecule has 84 valence electrons. The number of carbonyl (C=O) groups excluding carboxylic acids is 1. The molecule has 0 aliphatic carbocycles. The van der Waals surface area contributed by atoms with Crippen molar-refractivity contribution in [2.45, 2.75) is 20.4 Å². The summed E-state index contributed by atoms with van der Waals surface area (Å²) in [5, 5.41) is 10.9. The Morgan fingerprint density at radius 2 is 2.31 bits per heavy atom. The summed E-state index contributed by atoms with van der Waals surface area (Å²) in [5.41, 5.74) is 2.08. The Morgan fingerprint density at radius 1 is 1.50 bits per heavy atom. The van der Waals surface area contributed by atoms with Gasteiger partial charge in [0.05, 0.1) is 11.7 Å². The van der Waals surface area contributed by atoms with Gasteiger partial charge >= 0.3 is 0 Å². The van der Waals surface area contributed by atoms with Crippen molar-refractivity contribution in [3.63, 3.8) is 0 Å². The van der Waals surface area contributed by atoms with Crippen molar-refractivity contribution in [2.75, 3.05) is 0 Å². The van der Waals surface area contributed by atoms with Gasteiger partial charge in [0.25, 0.3) is 0 Å². The lowest BCUT2D eigenvalue weighted by atomic mass is 10.1. The zero-order valence-electron chi connectivity index (χ0n) is 9.45. The molecule has 0 saturated carbocycles. The molecule has 0 spiro atoms. The highest BCUT2D eigenvalue weighted by atomic mass is 16.1. The predicted molar refractivity (Wildman–Crippen MR) is 62.8 cm³/mol. The van der Waals surface area contributed by atoms with Crippen LogP contribution >= 0.6 is 0 Å². The van der Waals surface area contributed by atoms with Crippen LogP contribution < -0.4 is 5.32 Å². The van der Waals surface area contributed by atoms with Gasteiger partial charge in [0, 0.05) is 17.8 Å². The summed E-state index contributed by atoms with van der Waals surface area (Å²) in [6.45, 7) is 4.31. The average Bonchev–Trinajstić information content (AvgIpc) is 2.73. The standard InChI is InChI=1S/C12H15N3O/c1-8(2)12(16)13-6-9-4-3-5-11-10(9)7-14-15-11/h3-5,7-8H,6H2,1-2H3,(H,13,16)(H,14,15). The number of hydrogen-bond acceptors (Lipinski definition) is 2. The van der Waals surface area contributed by atoms with Crippen LogP contribution in [-0.4, -0.2) is 16.1 Å². The van der Waals surface area contributed by atoms with Crippen molar-refractivity contribution in [1.82, 2.24) is 15.5 Å². The van der Waals surface area contributed by atoms with Gasteiger partial charge in [-0.05, 0) is 11.6 Å². The minimum Gasteiger partial charge on any atom is -0.352 e. The molecule has 16 heavy (non-hydrogen) atoms. The molecule has 0 aliphatic rings. The van der Waals surface area contributed by atoms with Crippen molar-refractivity contribution in [2.24, 2.45) is 5.92 Å². The van der Waals surface area contributed by atoms with E-state index in [1.165, 1.54) is 0 Å². The fraction of sp³-hybridized carbons (Fsp3) is 0.333. The molecule has 2 rings (SSSR count). The van der Waals surface area contributed by atoms with Crippen molar-refractivity contribution >= 4 is 16.8 Å². The molecule has 0 saturated heterocycles. The van der Waals surface area contributed by atoms with Crippen LogP contribution in [0.4, 0.5) is 0 Å². The number of benzene rings is 1. The molecule has 0 unspecified atom stereocenters. The molecule has 0 fully saturated rings. The summed E-state index contributed by atoms with van der Waals surface area (Å²) >= 11 is 0. The van der Waals surface area contributed by atoms with E-state index in [1.54, 1.807) is 6.20 Å². The van der Waals surface area contributed by atoms with Gasteiger partial charge in [0.2, 0.25) is 5.91 Å². The SMILES string of the molecule is CC(C)C(=O)NCc1cccc2[nH]ncc12. The number of carbonyl (C=O) groups is 1. The summed E-state index contributed by atoms with van der Waals surface area (Å²) in [6, 6.07) is 5.92. The van der Waals surface area contributed by atoms with Crippen LogP contribution in [0.15, 0.2) is 24.4 Å². The Balaban J connectivity index is 2.15. The van der Waals surface area contributed by atoms with E-state index in [0.717, 1.165) is 16.5 Å². The number of hydrogen-bond donors (Lipinski definition) is 2. The smallest absolute Gasteiger partial charge is 0.222 e. The van der Waals surface area contributed by atoms with Crippen LogP contribution in [0, 0.1) is 5.92 Å². The fourth-order valence-corrected chi connectivity index (χ4v) is 1.57. The van der Waals surface area contributed by atoms with Crippen molar-refractivity contribution < 1.29 is 4.79 Å². The monoisotopic (exact) mass is 217 g/mol. The highest BCUT2D eigenvalue weighted by molar-refractivity contribution is 5.83. The van der Waals surface area contributed by atoms with Gasteiger partial charge in [0.15, 0.2) is 0 Å². The second kappa shape index (κ2) is 4.35. The van der Waals surface area contributed by atoms with Crippen LogP contribution in [0.1, 0.15) is 19.4 Å². The summed E-state index contributed by atoms with van der Waals surface area (Å²) in [4.78, 5) is 11.5. The van der Waals surface area contributed by atoms with Crippen LogP contribution in [0.25, 0.3) is 10.9 Å². The first kappa shape index (κ1) is 10.7. The molecule has 0 aliphatic heterocycles. The van der Waals surface area contributed by atoms with E-state index >= 15 is 0 Å². The normalized spacial score (nSPS) is 10.9. The second-order valence-electron chi connectivity index (χ2n) is 4.12. The third-order valence-electron chi connectivity index (χ3n) is 2.55. The molecule has 4 nitrogen and oxygen atoms in total. The van der Waals surface area contributed by atoms with E-state index < -0.39 is 0 Å². The minimum absolute atomic E-state index is 0.0172. The Bertz CT molecular complexity index is 502. The highest BCUT2D eigenvalue weighted by Gasteiger charge is 2.07. The molecular formula is C12H15N3O. The fourth-order valence-electron chi connectivity index (χ4n) is 1.57. The number of amides is 1. The quantitative estimate of drug-likeness (QED) is 0.824.